The molecule has 0 aromatic heterocycles. The standard InChI is InChI=1S/C8H16O2/c1-7(5-6-9)10-8(2,3)4/h6-7H,5H2,1-4H3. The van der Waals surface area contributed by atoms with Crippen LogP contribution in [0.15, 0.2) is 0 Å². The lowest BCUT2D eigenvalue weighted by atomic mass is 10.2. The molecule has 60 valence electrons. The Balaban J connectivity index is 3.56. The largest absolute Gasteiger partial charge is 0.372 e. The molecule has 0 N–H and O–H groups in total. The Labute approximate surface area is 62.6 Å². The third-order valence-electron chi connectivity index (χ3n) is 0.983. The highest BCUT2D eigenvalue weighted by Crippen LogP contribution is 2.11. The molecule has 0 saturated heterocycles. The molecule has 0 saturated carbocycles. The fraction of sp³-hybridized carbons (Fsp3) is 0.875. The van der Waals surface area contributed by atoms with Crippen molar-refractivity contribution in [3.63, 3.8) is 0 Å². The van der Waals surface area contributed by atoms with Gasteiger partial charge in [0.1, 0.15) is 6.29 Å². The molecule has 1 atom stereocenters. The van der Waals surface area contributed by atoms with Gasteiger partial charge in [0.05, 0.1) is 11.7 Å². The van der Waals surface area contributed by atoms with E-state index in [1.165, 1.54) is 0 Å². The van der Waals surface area contributed by atoms with Crippen molar-refractivity contribution in [2.75, 3.05) is 0 Å². The molecule has 0 aromatic carbocycles. The third kappa shape index (κ3) is 5.76. The van der Waals surface area contributed by atoms with Gasteiger partial charge < -0.3 is 9.53 Å². The molecular formula is C8H16O2. The summed E-state index contributed by atoms with van der Waals surface area (Å²) in [7, 11) is 0. The quantitative estimate of drug-likeness (QED) is 0.564. The molecule has 1 unspecified atom stereocenters. The van der Waals surface area contributed by atoms with E-state index < -0.39 is 0 Å². The smallest absolute Gasteiger partial charge is 0.122 e. The van der Waals surface area contributed by atoms with Crippen molar-refractivity contribution in [2.24, 2.45) is 0 Å². The maximum Gasteiger partial charge on any atom is 0.122 e. The van der Waals surface area contributed by atoms with Crippen LogP contribution in [0, 0.1) is 0 Å². The minimum Gasteiger partial charge on any atom is -0.372 e. The molecule has 0 aromatic rings. The average Bonchev–Trinajstić information content (AvgIpc) is 1.59. The van der Waals surface area contributed by atoms with Crippen LogP contribution in [0.3, 0.4) is 0 Å². The molecule has 10 heavy (non-hydrogen) atoms. The summed E-state index contributed by atoms with van der Waals surface area (Å²) in [6.07, 6.45) is 1.41. The lowest BCUT2D eigenvalue weighted by Crippen LogP contribution is -2.25. The molecule has 0 bridgehead atoms. The van der Waals surface area contributed by atoms with Crippen LogP contribution < -0.4 is 0 Å². The molecule has 0 aliphatic heterocycles. The summed E-state index contributed by atoms with van der Waals surface area (Å²) in [5, 5.41) is 0. The van der Waals surface area contributed by atoms with Gasteiger partial charge in [0.15, 0.2) is 0 Å². The summed E-state index contributed by atoms with van der Waals surface area (Å²) in [5.41, 5.74) is -0.136. The summed E-state index contributed by atoms with van der Waals surface area (Å²) < 4.78 is 5.45. The van der Waals surface area contributed by atoms with E-state index in [0.717, 1.165) is 6.29 Å². The van der Waals surface area contributed by atoms with Crippen molar-refractivity contribution in [2.45, 2.75) is 45.8 Å². The molecule has 0 radical (unpaired) electrons. The number of ether oxygens (including phenoxy) is 1. The monoisotopic (exact) mass is 144 g/mol. The maximum absolute atomic E-state index is 10.0. The van der Waals surface area contributed by atoms with Crippen LogP contribution in [-0.4, -0.2) is 18.0 Å². The number of aldehydes is 1. The van der Waals surface area contributed by atoms with E-state index in [1.54, 1.807) is 0 Å². The van der Waals surface area contributed by atoms with Crippen LogP contribution >= 0.6 is 0 Å². The molecular weight excluding hydrogens is 128 g/mol. The number of hydrogen-bond acceptors (Lipinski definition) is 2. The molecule has 2 heteroatoms. The minimum absolute atomic E-state index is 0.0394. The SMILES string of the molecule is CC(CC=O)OC(C)(C)C. The topological polar surface area (TPSA) is 26.3 Å². The summed E-state index contributed by atoms with van der Waals surface area (Å²) in [4.78, 5) is 10.0. The second-order valence-electron chi connectivity index (χ2n) is 3.44. The molecule has 0 spiro atoms. The first-order chi connectivity index (χ1) is 4.45. The van der Waals surface area contributed by atoms with Gasteiger partial charge in [0, 0.05) is 6.42 Å². The molecule has 0 aliphatic rings. The number of hydrogen-bond donors (Lipinski definition) is 0. The van der Waals surface area contributed by atoms with E-state index in [0.29, 0.717) is 6.42 Å². The van der Waals surface area contributed by atoms with Crippen molar-refractivity contribution in [1.29, 1.82) is 0 Å². The molecule has 0 amide bonds. The summed E-state index contributed by atoms with van der Waals surface area (Å²) in [6, 6.07) is 0. The Hall–Kier alpha value is -0.370. The zero-order chi connectivity index (χ0) is 8.20. The first-order valence-electron chi connectivity index (χ1n) is 3.57. The minimum atomic E-state index is -0.136. The lowest BCUT2D eigenvalue weighted by Gasteiger charge is -2.23. The summed E-state index contributed by atoms with van der Waals surface area (Å²) in [6.45, 7) is 7.84. The first kappa shape index (κ1) is 9.63. The second-order valence-corrected chi connectivity index (χ2v) is 3.44. The van der Waals surface area contributed by atoms with E-state index in [9.17, 15) is 4.79 Å². The fourth-order valence-electron chi connectivity index (χ4n) is 0.787. The Morgan fingerprint density at radius 1 is 1.50 bits per heavy atom. The highest BCUT2D eigenvalue weighted by Gasteiger charge is 2.13. The van der Waals surface area contributed by atoms with E-state index >= 15 is 0 Å². The van der Waals surface area contributed by atoms with E-state index in [2.05, 4.69) is 0 Å². The van der Waals surface area contributed by atoms with Gasteiger partial charge in [0.25, 0.3) is 0 Å². The third-order valence-corrected chi connectivity index (χ3v) is 0.983. The zero-order valence-corrected chi connectivity index (χ0v) is 7.18. The maximum atomic E-state index is 10.0. The Morgan fingerprint density at radius 2 is 2.00 bits per heavy atom. The molecule has 0 rings (SSSR count). The lowest BCUT2D eigenvalue weighted by molar-refractivity contribution is -0.113. The zero-order valence-electron chi connectivity index (χ0n) is 7.18. The van der Waals surface area contributed by atoms with Gasteiger partial charge in [-0.05, 0) is 27.7 Å². The van der Waals surface area contributed by atoms with Gasteiger partial charge in [0.2, 0.25) is 0 Å². The van der Waals surface area contributed by atoms with Gasteiger partial charge in [-0.3, -0.25) is 0 Å². The second kappa shape index (κ2) is 3.71. The van der Waals surface area contributed by atoms with Gasteiger partial charge in [-0.25, -0.2) is 0 Å². The van der Waals surface area contributed by atoms with E-state index in [1.807, 2.05) is 27.7 Å². The van der Waals surface area contributed by atoms with Crippen LogP contribution in [0.2, 0.25) is 0 Å². The summed E-state index contributed by atoms with van der Waals surface area (Å²) in [5.74, 6) is 0. The normalized spacial score (nSPS) is 14.8. The van der Waals surface area contributed by atoms with Crippen molar-refractivity contribution in [1.82, 2.24) is 0 Å². The summed E-state index contributed by atoms with van der Waals surface area (Å²) >= 11 is 0. The fourth-order valence-corrected chi connectivity index (χ4v) is 0.787. The molecule has 2 nitrogen and oxygen atoms in total. The van der Waals surface area contributed by atoms with Crippen molar-refractivity contribution < 1.29 is 9.53 Å². The first-order valence-corrected chi connectivity index (χ1v) is 3.57. The predicted octanol–water partition coefficient (Wildman–Crippen LogP) is 1.78. The van der Waals surface area contributed by atoms with Crippen molar-refractivity contribution in [3.05, 3.63) is 0 Å². The molecule has 0 heterocycles. The van der Waals surface area contributed by atoms with Crippen molar-refractivity contribution >= 4 is 6.29 Å². The highest BCUT2D eigenvalue weighted by molar-refractivity contribution is 5.49. The van der Waals surface area contributed by atoms with Crippen LogP contribution in [-0.2, 0) is 9.53 Å². The van der Waals surface area contributed by atoms with E-state index in [-0.39, 0.29) is 11.7 Å². The van der Waals surface area contributed by atoms with Gasteiger partial charge in [-0.2, -0.15) is 0 Å². The Kier molecular flexibility index (Phi) is 3.58. The van der Waals surface area contributed by atoms with Crippen LogP contribution in [0.5, 0.6) is 0 Å². The van der Waals surface area contributed by atoms with Crippen LogP contribution in [0.1, 0.15) is 34.1 Å². The Morgan fingerprint density at radius 3 is 2.30 bits per heavy atom. The highest BCUT2D eigenvalue weighted by atomic mass is 16.5. The van der Waals surface area contributed by atoms with Crippen molar-refractivity contribution in [3.8, 4) is 0 Å². The van der Waals surface area contributed by atoms with Gasteiger partial charge >= 0.3 is 0 Å². The van der Waals surface area contributed by atoms with Crippen LogP contribution in [0.4, 0.5) is 0 Å². The number of carbonyl (C=O) groups excluding carboxylic acids is 1. The van der Waals surface area contributed by atoms with Crippen LogP contribution in [0.25, 0.3) is 0 Å². The number of rotatable bonds is 3. The molecule has 0 fully saturated rings. The number of carbonyl (C=O) groups is 1. The van der Waals surface area contributed by atoms with Gasteiger partial charge in [-0.1, -0.05) is 0 Å². The average molecular weight is 144 g/mol. The molecule has 0 aliphatic carbocycles. The Bertz CT molecular complexity index is 102. The van der Waals surface area contributed by atoms with E-state index in [4.69, 9.17) is 4.74 Å². The predicted molar refractivity (Wildman–Crippen MR) is 41.0 cm³/mol. The van der Waals surface area contributed by atoms with Gasteiger partial charge in [-0.15, -0.1) is 0 Å².